The van der Waals surface area contributed by atoms with Crippen molar-refractivity contribution in [2.24, 2.45) is 5.92 Å². The molecule has 1 amide bonds. The molecule has 0 radical (unpaired) electrons. The number of nitrogens with zero attached hydrogens (tertiary/aromatic N) is 2. The molecule has 2 fully saturated rings. The van der Waals surface area contributed by atoms with Crippen molar-refractivity contribution in [3.63, 3.8) is 0 Å². The van der Waals surface area contributed by atoms with Gasteiger partial charge in [-0.1, -0.05) is 17.7 Å². The van der Waals surface area contributed by atoms with Crippen LogP contribution in [0.3, 0.4) is 0 Å². The van der Waals surface area contributed by atoms with Gasteiger partial charge in [-0.3, -0.25) is 9.78 Å². The fraction of sp³-hybridized carbons (Fsp3) is 0.400. The summed E-state index contributed by atoms with van der Waals surface area (Å²) in [6.45, 7) is 2.36. The van der Waals surface area contributed by atoms with Gasteiger partial charge >= 0.3 is 0 Å². The molecule has 4 rings (SSSR count). The Bertz CT molecular complexity index is 753. The van der Waals surface area contributed by atoms with E-state index in [2.05, 4.69) is 15.2 Å². The Balaban J connectivity index is 1.37. The lowest BCUT2D eigenvalue weighted by atomic mass is 9.95. The van der Waals surface area contributed by atoms with Crippen LogP contribution in [0.25, 0.3) is 0 Å². The lowest BCUT2D eigenvalue weighted by molar-refractivity contribution is -0.127. The average Bonchev–Trinajstić information content (AvgIpc) is 3.32. The number of nitrogens with one attached hydrogen (secondary N) is 1. The topological polar surface area (TPSA) is 54.5 Å². The standard InChI is InChI=1S/C20H22ClN3O2/c21-15-3-5-17(6-4-15)24-10-7-16(13-24)23-20(25)18-8-11-26-19(18)14-2-1-9-22-12-14/h1-6,9,12,16,18-19H,7-8,10-11,13H2,(H,23,25)/t16?,18-,19+/m0/s1. The van der Waals surface area contributed by atoms with Crippen LogP contribution in [0, 0.1) is 5.92 Å². The van der Waals surface area contributed by atoms with Crippen molar-refractivity contribution in [3.8, 4) is 0 Å². The third-order valence-electron chi connectivity index (χ3n) is 5.17. The van der Waals surface area contributed by atoms with E-state index in [4.69, 9.17) is 16.3 Å². The van der Waals surface area contributed by atoms with Gasteiger partial charge in [-0.15, -0.1) is 0 Å². The first-order valence-corrected chi connectivity index (χ1v) is 9.41. The van der Waals surface area contributed by atoms with Gasteiger partial charge in [0.1, 0.15) is 0 Å². The van der Waals surface area contributed by atoms with Crippen LogP contribution in [-0.2, 0) is 9.53 Å². The highest BCUT2D eigenvalue weighted by molar-refractivity contribution is 6.30. The normalized spacial score (nSPS) is 25.4. The van der Waals surface area contributed by atoms with E-state index in [9.17, 15) is 4.79 Å². The van der Waals surface area contributed by atoms with Crippen LogP contribution < -0.4 is 10.2 Å². The second kappa shape index (κ2) is 7.64. The van der Waals surface area contributed by atoms with Crippen LogP contribution >= 0.6 is 11.6 Å². The molecular weight excluding hydrogens is 350 g/mol. The van der Waals surface area contributed by atoms with E-state index in [-0.39, 0.29) is 24.0 Å². The Morgan fingerprint density at radius 2 is 2.08 bits per heavy atom. The fourth-order valence-corrected chi connectivity index (χ4v) is 3.93. The van der Waals surface area contributed by atoms with Crippen LogP contribution in [-0.4, -0.2) is 36.6 Å². The molecule has 26 heavy (non-hydrogen) atoms. The van der Waals surface area contributed by atoms with E-state index in [1.165, 1.54) is 0 Å². The Hall–Kier alpha value is -2.11. The molecule has 0 bridgehead atoms. The van der Waals surface area contributed by atoms with Crippen molar-refractivity contribution in [3.05, 3.63) is 59.4 Å². The number of carbonyl (C=O) groups is 1. The van der Waals surface area contributed by atoms with Crippen LogP contribution in [0.15, 0.2) is 48.8 Å². The molecule has 2 aromatic rings. The van der Waals surface area contributed by atoms with Gasteiger partial charge in [0.25, 0.3) is 0 Å². The molecule has 136 valence electrons. The minimum absolute atomic E-state index is 0.0827. The summed E-state index contributed by atoms with van der Waals surface area (Å²) in [5.41, 5.74) is 2.11. The maximum absolute atomic E-state index is 12.8. The molecule has 2 aliphatic heterocycles. The first-order chi connectivity index (χ1) is 12.7. The van der Waals surface area contributed by atoms with Crippen molar-refractivity contribution >= 4 is 23.2 Å². The van der Waals surface area contributed by atoms with Gasteiger partial charge < -0.3 is 15.0 Å². The summed E-state index contributed by atoms with van der Waals surface area (Å²) in [6, 6.07) is 11.9. The highest BCUT2D eigenvalue weighted by Crippen LogP contribution is 2.34. The van der Waals surface area contributed by atoms with Crippen LogP contribution in [0.4, 0.5) is 5.69 Å². The van der Waals surface area contributed by atoms with E-state index < -0.39 is 0 Å². The lowest BCUT2D eigenvalue weighted by Crippen LogP contribution is -2.41. The van der Waals surface area contributed by atoms with Crippen LogP contribution in [0.5, 0.6) is 0 Å². The molecule has 6 heteroatoms. The molecule has 3 atom stereocenters. The highest BCUT2D eigenvalue weighted by atomic mass is 35.5. The second-order valence-corrected chi connectivity index (χ2v) is 7.33. The van der Waals surface area contributed by atoms with E-state index in [0.717, 1.165) is 42.2 Å². The maximum atomic E-state index is 12.8. The first-order valence-electron chi connectivity index (χ1n) is 9.03. The molecule has 2 saturated heterocycles. The Kier molecular flexibility index (Phi) is 5.09. The predicted octanol–water partition coefficient (Wildman–Crippen LogP) is 3.21. The summed E-state index contributed by atoms with van der Waals surface area (Å²) in [5.74, 6) is -0.0666. The molecule has 5 nitrogen and oxygen atoms in total. The minimum atomic E-state index is -0.197. The van der Waals surface area contributed by atoms with E-state index in [1.807, 2.05) is 36.4 Å². The number of hydrogen-bond acceptors (Lipinski definition) is 4. The van der Waals surface area contributed by atoms with Gasteiger partial charge in [-0.25, -0.2) is 0 Å². The fourth-order valence-electron chi connectivity index (χ4n) is 3.80. The van der Waals surface area contributed by atoms with Gasteiger partial charge in [0, 0.05) is 48.8 Å². The van der Waals surface area contributed by atoms with Gasteiger partial charge in [0.05, 0.1) is 12.0 Å². The van der Waals surface area contributed by atoms with E-state index >= 15 is 0 Å². The van der Waals surface area contributed by atoms with Crippen molar-refractivity contribution < 1.29 is 9.53 Å². The molecular formula is C20H22ClN3O2. The molecule has 2 aliphatic rings. The van der Waals surface area contributed by atoms with Gasteiger partial charge in [-0.05, 0) is 48.7 Å². The molecule has 1 unspecified atom stereocenters. The summed E-state index contributed by atoms with van der Waals surface area (Å²) >= 11 is 5.96. The quantitative estimate of drug-likeness (QED) is 0.896. The highest BCUT2D eigenvalue weighted by Gasteiger charge is 2.37. The predicted molar refractivity (Wildman–Crippen MR) is 101 cm³/mol. The SMILES string of the molecule is O=C(NC1CCN(c2ccc(Cl)cc2)C1)[C@H]1CCO[C@@H]1c1cccnc1. The van der Waals surface area contributed by atoms with E-state index in [0.29, 0.717) is 6.61 Å². The van der Waals surface area contributed by atoms with Crippen molar-refractivity contribution in [2.75, 3.05) is 24.6 Å². The van der Waals surface area contributed by atoms with Gasteiger partial charge in [-0.2, -0.15) is 0 Å². The number of aromatic nitrogens is 1. The molecule has 1 N–H and O–H groups in total. The molecule has 3 heterocycles. The Labute approximate surface area is 158 Å². The summed E-state index contributed by atoms with van der Waals surface area (Å²) in [4.78, 5) is 19.3. The number of amides is 1. The third-order valence-corrected chi connectivity index (χ3v) is 5.42. The number of anilines is 1. The van der Waals surface area contributed by atoms with Crippen molar-refractivity contribution in [1.82, 2.24) is 10.3 Å². The summed E-state index contributed by atoms with van der Waals surface area (Å²) in [5, 5.41) is 3.96. The van der Waals surface area contributed by atoms with Gasteiger partial charge in [0.2, 0.25) is 5.91 Å². The average molecular weight is 372 g/mol. The van der Waals surface area contributed by atoms with E-state index in [1.54, 1.807) is 12.4 Å². The Morgan fingerprint density at radius 1 is 1.23 bits per heavy atom. The van der Waals surface area contributed by atoms with Crippen LogP contribution in [0.2, 0.25) is 5.02 Å². The number of pyridine rings is 1. The molecule has 0 saturated carbocycles. The first kappa shape index (κ1) is 17.3. The third kappa shape index (κ3) is 3.69. The summed E-state index contributed by atoms with van der Waals surface area (Å²) in [6.07, 6.45) is 5.02. The van der Waals surface area contributed by atoms with Gasteiger partial charge in [0.15, 0.2) is 0 Å². The smallest absolute Gasteiger partial charge is 0.226 e. The zero-order chi connectivity index (χ0) is 17.9. The number of hydrogen-bond donors (Lipinski definition) is 1. The zero-order valence-corrected chi connectivity index (χ0v) is 15.2. The number of ether oxygens (including phenoxy) is 1. The number of benzene rings is 1. The molecule has 0 spiro atoms. The molecule has 1 aromatic heterocycles. The summed E-state index contributed by atoms with van der Waals surface area (Å²) in [7, 11) is 0. The second-order valence-electron chi connectivity index (χ2n) is 6.89. The van der Waals surface area contributed by atoms with Crippen molar-refractivity contribution in [1.29, 1.82) is 0 Å². The maximum Gasteiger partial charge on any atom is 0.226 e. The number of rotatable bonds is 4. The Morgan fingerprint density at radius 3 is 2.85 bits per heavy atom. The summed E-state index contributed by atoms with van der Waals surface area (Å²) < 4.78 is 5.82. The molecule has 1 aromatic carbocycles. The minimum Gasteiger partial charge on any atom is -0.373 e. The largest absolute Gasteiger partial charge is 0.373 e. The molecule has 0 aliphatic carbocycles. The lowest BCUT2D eigenvalue weighted by Gasteiger charge is -2.22. The number of halogens is 1. The van der Waals surface area contributed by atoms with Crippen LogP contribution in [0.1, 0.15) is 24.5 Å². The zero-order valence-electron chi connectivity index (χ0n) is 14.5. The van der Waals surface area contributed by atoms with Crippen molar-refractivity contribution in [2.45, 2.75) is 25.0 Å². The number of carbonyl (C=O) groups excluding carboxylic acids is 1. The monoisotopic (exact) mass is 371 g/mol.